The lowest BCUT2D eigenvalue weighted by Crippen LogP contribution is -2.42. The zero-order chi connectivity index (χ0) is 21.2. The fraction of sp³-hybridized carbons (Fsp3) is 0.435. The number of carbonyl (C=O) groups is 1. The second-order valence-corrected chi connectivity index (χ2v) is 10.3. The number of nitrogens with zero attached hydrogens (tertiary/aromatic N) is 1. The van der Waals surface area contributed by atoms with Crippen LogP contribution in [0.15, 0.2) is 47.4 Å². The summed E-state index contributed by atoms with van der Waals surface area (Å²) in [6, 6.07) is 12.4. The van der Waals surface area contributed by atoms with Gasteiger partial charge in [0.2, 0.25) is 10.0 Å². The molecule has 2 aromatic rings. The Hall–Kier alpha value is -2.18. The van der Waals surface area contributed by atoms with Gasteiger partial charge in [0, 0.05) is 24.3 Å². The van der Waals surface area contributed by atoms with E-state index in [4.69, 9.17) is 0 Å². The van der Waals surface area contributed by atoms with Crippen molar-refractivity contribution < 1.29 is 13.2 Å². The van der Waals surface area contributed by atoms with Crippen LogP contribution in [0.3, 0.4) is 0 Å². The number of anilines is 1. The molecule has 0 amide bonds. The number of Topliss-reactive ketones (excluding diaryl/α,β-unsaturated/α-hetero) is 1. The highest BCUT2D eigenvalue weighted by molar-refractivity contribution is 7.89. The molecule has 1 fully saturated rings. The Kier molecular flexibility index (Phi) is 6.44. The van der Waals surface area contributed by atoms with E-state index in [-0.39, 0.29) is 17.2 Å². The van der Waals surface area contributed by atoms with Crippen molar-refractivity contribution in [2.75, 3.05) is 25.0 Å². The Bertz CT molecular complexity index is 991. The van der Waals surface area contributed by atoms with Crippen LogP contribution in [0.5, 0.6) is 0 Å². The Labute approximate surface area is 174 Å². The summed E-state index contributed by atoms with van der Waals surface area (Å²) in [6.45, 7) is 9.32. The fourth-order valence-corrected chi connectivity index (χ4v) is 5.71. The third kappa shape index (κ3) is 5.06. The van der Waals surface area contributed by atoms with Gasteiger partial charge < -0.3 is 5.32 Å². The third-order valence-corrected chi connectivity index (χ3v) is 7.29. The highest BCUT2D eigenvalue weighted by Crippen LogP contribution is 2.27. The molecule has 5 nitrogen and oxygen atoms in total. The number of hydrogen-bond donors (Lipinski definition) is 1. The van der Waals surface area contributed by atoms with Gasteiger partial charge in [-0.25, -0.2) is 8.42 Å². The van der Waals surface area contributed by atoms with Crippen LogP contribution in [0.2, 0.25) is 0 Å². The van der Waals surface area contributed by atoms with Gasteiger partial charge in [-0.2, -0.15) is 4.31 Å². The van der Waals surface area contributed by atoms with E-state index in [2.05, 4.69) is 19.2 Å². The van der Waals surface area contributed by atoms with Gasteiger partial charge in [-0.1, -0.05) is 38.1 Å². The summed E-state index contributed by atoms with van der Waals surface area (Å²) < 4.78 is 27.8. The average molecular weight is 415 g/mol. The molecule has 1 saturated heterocycles. The Morgan fingerprint density at radius 3 is 2.45 bits per heavy atom. The number of sulfonamides is 1. The predicted octanol–water partition coefficient (Wildman–Crippen LogP) is 4.26. The standard InChI is InChI=1S/C23H30N2O3S/c1-16-8-9-19(4)22(11-16)24-13-23(26)20-6-5-7-21(12-20)29(27,28)25-14-17(2)10-18(3)15-25/h5-9,11-12,17-18,24H,10,13-15H2,1-4H3. The van der Waals surface area contributed by atoms with Gasteiger partial charge in [0.15, 0.2) is 5.78 Å². The third-order valence-electron chi connectivity index (χ3n) is 5.46. The van der Waals surface area contributed by atoms with E-state index in [0.29, 0.717) is 30.5 Å². The zero-order valence-corrected chi connectivity index (χ0v) is 18.4. The molecule has 0 radical (unpaired) electrons. The number of aryl methyl sites for hydroxylation is 2. The number of nitrogens with one attached hydrogen (secondary N) is 1. The molecule has 0 saturated carbocycles. The van der Waals surface area contributed by atoms with Crippen molar-refractivity contribution in [2.24, 2.45) is 11.8 Å². The smallest absolute Gasteiger partial charge is 0.243 e. The normalized spacial score (nSPS) is 20.4. The van der Waals surface area contributed by atoms with E-state index in [9.17, 15) is 13.2 Å². The quantitative estimate of drug-likeness (QED) is 0.717. The van der Waals surface area contributed by atoms with E-state index in [1.807, 2.05) is 32.0 Å². The summed E-state index contributed by atoms with van der Waals surface area (Å²) in [6.07, 6.45) is 1.04. The fourth-order valence-electron chi connectivity index (χ4n) is 3.98. The first-order valence-electron chi connectivity index (χ1n) is 10.1. The molecule has 0 aromatic heterocycles. The van der Waals surface area contributed by atoms with E-state index in [0.717, 1.165) is 23.2 Å². The Balaban J connectivity index is 1.76. The summed E-state index contributed by atoms with van der Waals surface area (Å²) in [5.74, 6) is 0.531. The zero-order valence-electron chi connectivity index (χ0n) is 17.6. The summed E-state index contributed by atoms with van der Waals surface area (Å²) in [5.41, 5.74) is 3.50. The van der Waals surface area contributed by atoms with E-state index < -0.39 is 10.0 Å². The lowest BCUT2D eigenvalue weighted by atomic mass is 9.94. The van der Waals surface area contributed by atoms with Crippen molar-refractivity contribution in [1.29, 1.82) is 0 Å². The van der Waals surface area contributed by atoms with E-state index >= 15 is 0 Å². The molecule has 156 valence electrons. The van der Waals surface area contributed by atoms with Crippen molar-refractivity contribution in [3.63, 3.8) is 0 Å². The van der Waals surface area contributed by atoms with Crippen molar-refractivity contribution in [1.82, 2.24) is 4.31 Å². The van der Waals surface area contributed by atoms with Gasteiger partial charge in [0.05, 0.1) is 11.4 Å². The lowest BCUT2D eigenvalue weighted by Gasteiger charge is -2.34. The van der Waals surface area contributed by atoms with Gasteiger partial charge in [-0.15, -0.1) is 0 Å². The van der Waals surface area contributed by atoms with Crippen LogP contribution in [-0.4, -0.2) is 38.1 Å². The molecule has 2 atom stereocenters. The summed E-state index contributed by atoms with van der Waals surface area (Å²) in [5, 5.41) is 3.18. The Morgan fingerprint density at radius 2 is 1.76 bits per heavy atom. The van der Waals surface area contributed by atoms with Gasteiger partial charge in [0.1, 0.15) is 0 Å². The van der Waals surface area contributed by atoms with Gasteiger partial charge >= 0.3 is 0 Å². The number of benzene rings is 2. The first kappa shape index (κ1) is 21.5. The highest BCUT2D eigenvalue weighted by atomic mass is 32.2. The van der Waals surface area contributed by atoms with Crippen molar-refractivity contribution in [2.45, 2.75) is 39.0 Å². The number of carbonyl (C=O) groups excluding carboxylic acids is 1. The number of rotatable bonds is 6. The molecule has 29 heavy (non-hydrogen) atoms. The minimum Gasteiger partial charge on any atom is -0.377 e. The minimum atomic E-state index is -3.60. The maximum atomic E-state index is 13.1. The highest BCUT2D eigenvalue weighted by Gasteiger charge is 2.31. The van der Waals surface area contributed by atoms with Crippen LogP contribution in [0.1, 0.15) is 41.8 Å². The molecule has 0 aliphatic carbocycles. The first-order chi connectivity index (χ1) is 13.7. The summed E-state index contributed by atoms with van der Waals surface area (Å²) in [4.78, 5) is 12.9. The predicted molar refractivity (Wildman–Crippen MR) is 117 cm³/mol. The molecule has 2 unspecified atom stereocenters. The molecule has 1 aliphatic rings. The van der Waals surface area contributed by atoms with E-state index in [1.165, 1.54) is 6.07 Å². The summed E-state index contributed by atoms with van der Waals surface area (Å²) >= 11 is 0. The minimum absolute atomic E-state index is 0.117. The molecule has 1 aliphatic heterocycles. The van der Waals surface area contributed by atoms with Crippen LogP contribution in [0.25, 0.3) is 0 Å². The van der Waals surface area contributed by atoms with Crippen LogP contribution >= 0.6 is 0 Å². The maximum Gasteiger partial charge on any atom is 0.243 e. The topological polar surface area (TPSA) is 66.5 Å². The first-order valence-corrected chi connectivity index (χ1v) is 11.6. The van der Waals surface area contributed by atoms with Crippen LogP contribution < -0.4 is 5.32 Å². The monoisotopic (exact) mass is 414 g/mol. The average Bonchev–Trinajstić information content (AvgIpc) is 2.67. The molecule has 0 bridgehead atoms. The lowest BCUT2D eigenvalue weighted by molar-refractivity contribution is 0.101. The van der Waals surface area contributed by atoms with Crippen LogP contribution in [-0.2, 0) is 10.0 Å². The second-order valence-electron chi connectivity index (χ2n) is 8.39. The number of piperidine rings is 1. The van der Waals surface area contributed by atoms with Crippen molar-refractivity contribution >= 4 is 21.5 Å². The molecule has 1 heterocycles. The van der Waals surface area contributed by atoms with Crippen LogP contribution in [0, 0.1) is 25.7 Å². The van der Waals surface area contributed by atoms with Crippen molar-refractivity contribution in [3.8, 4) is 0 Å². The van der Waals surface area contributed by atoms with Gasteiger partial charge in [-0.3, -0.25) is 4.79 Å². The molecule has 1 N–H and O–H groups in total. The van der Waals surface area contributed by atoms with Crippen LogP contribution in [0.4, 0.5) is 5.69 Å². The van der Waals surface area contributed by atoms with Crippen molar-refractivity contribution in [3.05, 3.63) is 59.2 Å². The SMILES string of the molecule is Cc1ccc(C)c(NCC(=O)c2cccc(S(=O)(=O)N3CC(C)CC(C)C3)c2)c1. The molecular weight excluding hydrogens is 384 g/mol. The van der Waals surface area contributed by atoms with E-state index in [1.54, 1.807) is 22.5 Å². The molecular formula is C23H30N2O3S. The molecule has 0 spiro atoms. The Morgan fingerprint density at radius 1 is 1.07 bits per heavy atom. The largest absolute Gasteiger partial charge is 0.377 e. The maximum absolute atomic E-state index is 13.1. The molecule has 3 rings (SSSR count). The molecule has 6 heteroatoms. The second kappa shape index (κ2) is 8.67. The van der Waals surface area contributed by atoms with Gasteiger partial charge in [-0.05, 0) is 61.4 Å². The number of hydrogen-bond acceptors (Lipinski definition) is 4. The number of ketones is 1. The van der Waals surface area contributed by atoms with Gasteiger partial charge in [0.25, 0.3) is 0 Å². The molecule has 2 aromatic carbocycles. The summed E-state index contributed by atoms with van der Waals surface area (Å²) in [7, 11) is -3.60.